The van der Waals surface area contributed by atoms with Gasteiger partial charge in [-0.05, 0) is 18.9 Å². The predicted molar refractivity (Wildman–Crippen MR) is 82.4 cm³/mol. The molecule has 2 heterocycles. The molecule has 0 radical (unpaired) electrons. The highest BCUT2D eigenvalue weighted by atomic mass is 16.3. The zero-order valence-electron chi connectivity index (χ0n) is 12.2. The second-order valence-electron chi connectivity index (χ2n) is 5.15. The molecule has 21 heavy (non-hydrogen) atoms. The molecule has 108 valence electrons. The molecule has 3 rings (SSSR count). The average Bonchev–Trinajstić information content (AvgIpc) is 3.12. The van der Waals surface area contributed by atoms with Crippen LogP contribution in [0.2, 0.25) is 0 Å². The average molecular weight is 282 g/mol. The summed E-state index contributed by atoms with van der Waals surface area (Å²) in [6, 6.07) is 8.10. The van der Waals surface area contributed by atoms with E-state index in [1.807, 2.05) is 35.1 Å². The number of hydrogen-bond acceptors (Lipinski definition) is 3. The maximum absolute atomic E-state index is 11.4. The van der Waals surface area contributed by atoms with Crippen LogP contribution in [0, 0.1) is 0 Å². The molecule has 4 heteroatoms. The van der Waals surface area contributed by atoms with Crippen molar-refractivity contribution in [1.29, 1.82) is 0 Å². The second kappa shape index (κ2) is 5.56. The van der Waals surface area contributed by atoms with Crippen LogP contribution in [0.1, 0.15) is 43.1 Å². The van der Waals surface area contributed by atoms with E-state index in [1.54, 1.807) is 6.26 Å². The van der Waals surface area contributed by atoms with Crippen LogP contribution in [0.15, 0.2) is 41.1 Å². The Balaban J connectivity index is 2.15. The van der Waals surface area contributed by atoms with Crippen LogP contribution >= 0.6 is 0 Å². The summed E-state index contributed by atoms with van der Waals surface area (Å²) in [5, 5.41) is 5.62. The number of rotatable bonds is 5. The molecule has 0 aliphatic rings. The molecule has 0 fully saturated rings. The van der Waals surface area contributed by atoms with E-state index in [0.29, 0.717) is 17.3 Å². The van der Waals surface area contributed by atoms with Gasteiger partial charge in [-0.3, -0.25) is 9.48 Å². The fourth-order valence-corrected chi connectivity index (χ4v) is 2.71. The normalized spacial score (nSPS) is 11.4. The zero-order chi connectivity index (χ0) is 14.8. The third-order valence-corrected chi connectivity index (χ3v) is 3.94. The molecule has 0 spiro atoms. The summed E-state index contributed by atoms with van der Waals surface area (Å²) in [5.74, 6) is 0. The van der Waals surface area contributed by atoms with Gasteiger partial charge in [-0.2, -0.15) is 5.10 Å². The molecular weight excluding hydrogens is 264 g/mol. The summed E-state index contributed by atoms with van der Waals surface area (Å²) in [6.45, 7) is 4.26. The molecule has 0 amide bonds. The Labute approximate surface area is 123 Å². The van der Waals surface area contributed by atoms with Crippen LogP contribution in [0.4, 0.5) is 0 Å². The third kappa shape index (κ3) is 2.27. The van der Waals surface area contributed by atoms with Crippen molar-refractivity contribution in [2.45, 2.75) is 32.7 Å². The predicted octanol–water partition coefficient (Wildman–Crippen LogP) is 4.47. The fourth-order valence-electron chi connectivity index (χ4n) is 2.71. The van der Waals surface area contributed by atoms with Gasteiger partial charge in [0.25, 0.3) is 0 Å². The lowest BCUT2D eigenvalue weighted by molar-refractivity contribution is 0.112. The van der Waals surface area contributed by atoms with Crippen molar-refractivity contribution in [2.75, 3.05) is 0 Å². The van der Waals surface area contributed by atoms with Gasteiger partial charge in [0.15, 0.2) is 6.29 Å². The van der Waals surface area contributed by atoms with Gasteiger partial charge in [-0.25, -0.2) is 0 Å². The summed E-state index contributed by atoms with van der Waals surface area (Å²) >= 11 is 0. The minimum absolute atomic E-state index is 0.315. The molecule has 4 nitrogen and oxygen atoms in total. The number of para-hydroxylation sites is 1. The van der Waals surface area contributed by atoms with E-state index in [-0.39, 0.29) is 0 Å². The first-order valence-corrected chi connectivity index (χ1v) is 7.29. The lowest BCUT2D eigenvalue weighted by Gasteiger charge is -2.12. The molecule has 0 N–H and O–H groups in total. The van der Waals surface area contributed by atoms with Crippen LogP contribution in [-0.2, 0) is 0 Å². The highest BCUT2D eigenvalue weighted by molar-refractivity contribution is 5.97. The Kier molecular flexibility index (Phi) is 3.60. The maximum atomic E-state index is 11.4. The number of nitrogens with zero attached hydrogens (tertiary/aromatic N) is 2. The summed E-state index contributed by atoms with van der Waals surface area (Å²) < 4.78 is 7.46. The van der Waals surface area contributed by atoms with Crippen molar-refractivity contribution in [2.24, 2.45) is 0 Å². The van der Waals surface area contributed by atoms with Crippen molar-refractivity contribution >= 4 is 17.3 Å². The summed E-state index contributed by atoms with van der Waals surface area (Å²) in [6.07, 6.45) is 6.35. The summed E-state index contributed by atoms with van der Waals surface area (Å²) in [7, 11) is 0. The van der Waals surface area contributed by atoms with Crippen molar-refractivity contribution in [3.63, 3.8) is 0 Å². The number of aromatic nitrogens is 2. The molecule has 1 aromatic carbocycles. The second-order valence-corrected chi connectivity index (χ2v) is 5.15. The van der Waals surface area contributed by atoms with Gasteiger partial charge < -0.3 is 4.42 Å². The first-order valence-electron chi connectivity index (χ1n) is 7.29. The lowest BCUT2D eigenvalue weighted by Crippen LogP contribution is -2.07. The number of hydrogen-bond donors (Lipinski definition) is 0. The van der Waals surface area contributed by atoms with E-state index in [2.05, 4.69) is 18.9 Å². The lowest BCUT2D eigenvalue weighted by atomic mass is 10.1. The van der Waals surface area contributed by atoms with Gasteiger partial charge in [-0.1, -0.05) is 32.0 Å². The third-order valence-electron chi connectivity index (χ3n) is 3.94. The Morgan fingerprint density at radius 1 is 1.29 bits per heavy atom. The first kappa shape index (κ1) is 13.6. The number of fused-ring (bicyclic) bond motifs is 1. The largest absolute Gasteiger partial charge is 0.464 e. The Hall–Kier alpha value is -2.36. The topological polar surface area (TPSA) is 48.0 Å². The van der Waals surface area contributed by atoms with Gasteiger partial charge in [0.05, 0.1) is 11.6 Å². The Morgan fingerprint density at radius 3 is 2.76 bits per heavy atom. The summed E-state index contributed by atoms with van der Waals surface area (Å²) in [4.78, 5) is 11.4. The van der Waals surface area contributed by atoms with E-state index >= 15 is 0 Å². The minimum Gasteiger partial charge on any atom is -0.464 e. The van der Waals surface area contributed by atoms with Gasteiger partial charge in [0.1, 0.15) is 17.5 Å². The van der Waals surface area contributed by atoms with Gasteiger partial charge in [-0.15, -0.1) is 0 Å². The van der Waals surface area contributed by atoms with Crippen molar-refractivity contribution in [3.05, 3.63) is 42.3 Å². The smallest absolute Gasteiger partial charge is 0.153 e. The Bertz CT molecular complexity index is 766. The number of furan rings is 1. The van der Waals surface area contributed by atoms with Crippen LogP contribution in [-0.4, -0.2) is 16.1 Å². The van der Waals surface area contributed by atoms with Crippen molar-refractivity contribution in [3.8, 4) is 11.3 Å². The highest BCUT2D eigenvalue weighted by Crippen LogP contribution is 2.32. The van der Waals surface area contributed by atoms with Gasteiger partial charge in [0.2, 0.25) is 0 Å². The molecule has 0 bridgehead atoms. The van der Waals surface area contributed by atoms with E-state index < -0.39 is 0 Å². The number of carbonyl (C=O) groups is 1. The van der Waals surface area contributed by atoms with E-state index in [4.69, 9.17) is 4.42 Å². The molecule has 0 unspecified atom stereocenters. The molecule has 0 saturated heterocycles. The van der Waals surface area contributed by atoms with Crippen LogP contribution < -0.4 is 0 Å². The molecule has 0 aliphatic heterocycles. The van der Waals surface area contributed by atoms with Crippen molar-refractivity contribution in [1.82, 2.24) is 9.78 Å². The molecule has 3 aromatic rings. The van der Waals surface area contributed by atoms with Gasteiger partial charge >= 0.3 is 0 Å². The standard InChI is InChI=1S/C17H18N2O2/c1-3-13(4-2)19-9-12(10-20)17(18-19)15-11-21-16-8-6-5-7-14(15)16/h5-11,13H,3-4H2,1-2H3. The minimum atomic E-state index is 0.315. The van der Waals surface area contributed by atoms with Gasteiger partial charge in [0, 0.05) is 17.1 Å². The number of carbonyl (C=O) groups excluding carboxylic acids is 1. The fraction of sp³-hybridized carbons (Fsp3) is 0.294. The van der Waals surface area contributed by atoms with E-state index in [9.17, 15) is 4.79 Å². The van der Waals surface area contributed by atoms with Crippen molar-refractivity contribution < 1.29 is 9.21 Å². The molecular formula is C17H18N2O2. The monoisotopic (exact) mass is 282 g/mol. The summed E-state index contributed by atoms with van der Waals surface area (Å²) in [5.41, 5.74) is 2.98. The quantitative estimate of drug-likeness (QED) is 0.649. The zero-order valence-corrected chi connectivity index (χ0v) is 12.2. The van der Waals surface area contributed by atoms with Crippen LogP contribution in [0.25, 0.3) is 22.2 Å². The molecule has 0 aliphatic carbocycles. The Morgan fingerprint density at radius 2 is 2.05 bits per heavy atom. The van der Waals surface area contributed by atoms with Crippen LogP contribution in [0.3, 0.4) is 0 Å². The van der Waals surface area contributed by atoms with E-state index in [0.717, 1.165) is 35.7 Å². The SMILES string of the molecule is CCC(CC)n1cc(C=O)c(-c2coc3ccccc23)n1. The maximum Gasteiger partial charge on any atom is 0.153 e. The highest BCUT2D eigenvalue weighted by Gasteiger charge is 2.18. The first-order chi connectivity index (χ1) is 10.3. The number of aldehydes is 1. The molecule has 0 atom stereocenters. The number of benzene rings is 1. The molecule has 0 saturated carbocycles. The van der Waals surface area contributed by atoms with E-state index in [1.165, 1.54) is 0 Å². The van der Waals surface area contributed by atoms with Crippen LogP contribution in [0.5, 0.6) is 0 Å². The molecule has 2 aromatic heterocycles.